The number of hydrogen-bond donors (Lipinski definition) is 0. The molecule has 1 saturated heterocycles. The van der Waals surface area contributed by atoms with Crippen molar-refractivity contribution in [2.75, 3.05) is 39.3 Å². The van der Waals surface area contributed by atoms with Crippen molar-refractivity contribution in [1.29, 1.82) is 0 Å². The standard InChI is InChI=1S/C27H35N3O4S/c1-4-34-26(33)10-9-24(31)30-15-14-28(17-20(30)3)25(32)18-29-13-11-23-22(12-16-35-23)27(29)21-8-6-5-7-19(21)2/h5-8,12,16,20,27H,4,9-11,13-15,17-18H2,1-3H3/t20-,27-/m1/s1. The summed E-state index contributed by atoms with van der Waals surface area (Å²) in [5.41, 5.74) is 3.80. The van der Waals surface area contributed by atoms with Crippen molar-refractivity contribution < 1.29 is 19.1 Å². The molecule has 2 atom stereocenters. The van der Waals surface area contributed by atoms with Gasteiger partial charge in [-0.1, -0.05) is 24.3 Å². The maximum absolute atomic E-state index is 13.4. The molecule has 0 bridgehead atoms. The Labute approximate surface area is 211 Å². The van der Waals surface area contributed by atoms with Crippen LogP contribution in [0.25, 0.3) is 0 Å². The molecule has 0 radical (unpaired) electrons. The average Bonchev–Trinajstić information content (AvgIpc) is 3.32. The number of nitrogens with zero attached hydrogens (tertiary/aromatic N) is 3. The number of piperazine rings is 1. The summed E-state index contributed by atoms with van der Waals surface area (Å²) < 4.78 is 4.93. The van der Waals surface area contributed by atoms with Crippen LogP contribution in [0.5, 0.6) is 0 Å². The Morgan fingerprint density at radius 3 is 2.57 bits per heavy atom. The molecule has 1 aromatic carbocycles. The third kappa shape index (κ3) is 5.76. The van der Waals surface area contributed by atoms with E-state index in [4.69, 9.17) is 4.74 Å². The Morgan fingerprint density at radius 2 is 1.83 bits per heavy atom. The van der Waals surface area contributed by atoms with Crippen LogP contribution in [0.15, 0.2) is 35.7 Å². The van der Waals surface area contributed by atoms with E-state index in [1.54, 1.807) is 23.2 Å². The van der Waals surface area contributed by atoms with Crippen molar-refractivity contribution in [1.82, 2.24) is 14.7 Å². The molecule has 4 rings (SSSR count). The van der Waals surface area contributed by atoms with Crippen molar-refractivity contribution in [3.63, 3.8) is 0 Å². The Balaban J connectivity index is 1.39. The number of amides is 2. The van der Waals surface area contributed by atoms with E-state index in [1.807, 2.05) is 11.8 Å². The van der Waals surface area contributed by atoms with E-state index in [0.717, 1.165) is 13.0 Å². The summed E-state index contributed by atoms with van der Waals surface area (Å²) >= 11 is 1.80. The first-order valence-corrected chi connectivity index (χ1v) is 13.4. The number of ether oxygens (including phenoxy) is 1. The molecule has 0 aliphatic carbocycles. The van der Waals surface area contributed by atoms with Gasteiger partial charge in [0, 0.05) is 43.5 Å². The molecule has 7 nitrogen and oxygen atoms in total. The summed E-state index contributed by atoms with van der Waals surface area (Å²) in [7, 11) is 0. The van der Waals surface area contributed by atoms with Gasteiger partial charge in [-0.25, -0.2) is 0 Å². The SMILES string of the molecule is CCOC(=O)CCC(=O)N1CCN(C(=O)CN2CCc3sccc3[C@H]2c2ccccc2C)C[C@H]1C. The molecule has 1 aromatic heterocycles. The van der Waals surface area contributed by atoms with Crippen molar-refractivity contribution in [2.24, 2.45) is 0 Å². The summed E-state index contributed by atoms with van der Waals surface area (Å²) in [5.74, 6) is -0.299. The van der Waals surface area contributed by atoms with Gasteiger partial charge in [0.05, 0.1) is 25.6 Å². The topological polar surface area (TPSA) is 70.2 Å². The summed E-state index contributed by atoms with van der Waals surface area (Å²) in [6.07, 6.45) is 1.20. The normalized spacial score (nSPS) is 20.4. The van der Waals surface area contributed by atoms with Gasteiger partial charge in [0.15, 0.2) is 0 Å². The number of hydrogen-bond acceptors (Lipinski definition) is 6. The van der Waals surface area contributed by atoms with Crippen molar-refractivity contribution >= 4 is 29.1 Å². The minimum Gasteiger partial charge on any atom is -0.466 e. The van der Waals surface area contributed by atoms with Crippen molar-refractivity contribution in [3.8, 4) is 0 Å². The van der Waals surface area contributed by atoms with E-state index in [9.17, 15) is 14.4 Å². The maximum atomic E-state index is 13.4. The molecule has 2 aliphatic rings. The van der Waals surface area contributed by atoms with E-state index < -0.39 is 0 Å². The van der Waals surface area contributed by atoms with E-state index in [0.29, 0.717) is 32.8 Å². The Morgan fingerprint density at radius 1 is 1.03 bits per heavy atom. The average molecular weight is 498 g/mol. The molecule has 2 amide bonds. The summed E-state index contributed by atoms with van der Waals surface area (Å²) in [5, 5.41) is 2.15. The minimum atomic E-state index is -0.346. The molecule has 8 heteroatoms. The molecule has 2 aromatic rings. The molecule has 0 spiro atoms. The molecular formula is C27H35N3O4S. The van der Waals surface area contributed by atoms with Gasteiger partial charge in [-0.3, -0.25) is 19.3 Å². The van der Waals surface area contributed by atoms with Crippen LogP contribution in [0.4, 0.5) is 0 Å². The largest absolute Gasteiger partial charge is 0.466 e. The van der Waals surface area contributed by atoms with Crippen LogP contribution in [-0.4, -0.2) is 77.9 Å². The highest BCUT2D eigenvalue weighted by Crippen LogP contribution is 2.38. The first-order valence-electron chi connectivity index (χ1n) is 12.5. The lowest BCUT2D eigenvalue weighted by Crippen LogP contribution is -2.57. The fourth-order valence-electron chi connectivity index (χ4n) is 5.21. The zero-order chi connectivity index (χ0) is 24.9. The molecule has 0 saturated carbocycles. The summed E-state index contributed by atoms with van der Waals surface area (Å²) in [6, 6.07) is 10.6. The second kappa shape index (κ2) is 11.4. The van der Waals surface area contributed by atoms with Gasteiger partial charge in [0.25, 0.3) is 0 Å². The number of esters is 1. The molecule has 2 aliphatic heterocycles. The predicted octanol–water partition coefficient (Wildman–Crippen LogP) is 3.41. The van der Waals surface area contributed by atoms with Gasteiger partial charge in [0.2, 0.25) is 11.8 Å². The molecule has 3 heterocycles. The highest BCUT2D eigenvalue weighted by atomic mass is 32.1. The van der Waals surface area contributed by atoms with Crippen molar-refractivity contribution in [2.45, 2.75) is 52.1 Å². The zero-order valence-electron chi connectivity index (χ0n) is 20.9. The Kier molecular flexibility index (Phi) is 8.23. The fourth-order valence-corrected chi connectivity index (χ4v) is 6.11. The number of carbonyl (C=O) groups excluding carboxylic acids is 3. The number of thiophene rings is 1. The fraction of sp³-hybridized carbons (Fsp3) is 0.519. The van der Waals surface area contributed by atoms with Gasteiger partial charge in [-0.2, -0.15) is 0 Å². The molecule has 188 valence electrons. The lowest BCUT2D eigenvalue weighted by Gasteiger charge is -2.42. The monoisotopic (exact) mass is 497 g/mol. The van der Waals surface area contributed by atoms with Gasteiger partial charge >= 0.3 is 5.97 Å². The second-order valence-corrected chi connectivity index (χ2v) is 10.4. The van der Waals surface area contributed by atoms with Crippen LogP contribution in [0.1, 0.15) is 54.3 Å². The van der Waals surface area contributed by atoms with E-state index in [2.05, 4.69) is 47.5 Å². The first-order chi connectivity index (χ1) is 16.9. The highest BCUT2D eigenvalue weighted by Gasteiger charge is 2.35. The van der Waals surface area contributed by atoms with Gasteiger partial charge in [0.1, 0.15) is 0 Å². The zero-order valence-corrected chi connectivity index (χ0v) is 21.7. The molecular weight excluding hydrogens is 462 g/mol. The van der Waals surface area contributed by atoms with Gasteiger partial charge < -0.3 is 14.5 Å². The van der Waals surface area contributed by atoms with E-state index >= 15 is 0 Å². The first kappa shape index (κ1) is 25.4. The molecule has 0 unspecified atom stereocenters. The van der Waals surface area contributed by atoms with Crippen LogP contribution < -0.4 is 0 Å². The quantitative estimate of drug-likeness (QED) is 0.549. The van der Waals surface area contributed by atoms with Crippen LogP contribution in [-0.2, 0) is 25.5 Å². The lowest BCUT2D eigenvalue weighted by atomic mass is 9.90. The van der Waals surface area contributed by atoms with Crippen LogP contribution >= 0.6 is 11.3 Å². The molecule has 0 N–H and O–H groups in total. The maximum Gasteiger partial charge on any atom is 0.306 e. The predicted molar refractivity (Wildman–Crippen MR) is 136 cm³/mol. The smallest absolute Gasteiger partial charge is 0.306 e. The van der Waals surface area contributed by atoms with Crippen molar-refractivity contribution in [3.05, 3.63) is 57.3 Å². The number of aryl methyl sites for hydroxylation is 1. The van der Waals surface area contributed by atoms with Gasteiger partial charge in [-0.05, 0) is 55.3 Å². The summed E-state index contributed by atoms with van der Waals surface area (Å²) in [6.45, 7) is 8.90. The Hall–Kier alpha value is -2.71. The number of rotatable bonds is 7. The molecule has 1 fully saturated rings. The van der Waals surface area contributed by atoms with E-state index in [-0.39, 0.29) is 42.7 Å². The van der Waals surface area contributed by atoms with E-state index in [1.165, 1.54) is 21.6 Å². The Bertz CT molecular complexity index is 1070. The van der Waals surface area contributed by atoms with Crippen LogP contribution in [0, 0.1) is 6.92 Å². The number of carbonyl (C=O) groups is 3. The lowest BCUT2D eigenvalue weighted by molar-refractivity contribution is -0.147. The van der Waals surface area contributed by atoms with Gasteiger partial charge in [-0.15, -0.1) is 11.3 Å². The second-order valence-electron chi connectivity index (χ2n) is 9.36. The third-order valence-electron chi connectivity index (χ3n) is 7.04. The van der Waals surface area contributed by atoms with Crippen LogP contribution in [0.3, 0.4) is 0 Å². The third-order valence-corrected chi connectivity index (χ3v) is 8.03. The number of benzene rings is 1. The highest BCUT2D eigenvalue weighted by molar-refractivity contribution is 7.10. The molecule has 35 heavy (non-hydrogen) atoms. The minimum absolute atomic E-state index is 0.0571. The number of fused-ring (bicyclic) bond motifs is 1. The van der Waals surface area contributed by atoms with Crippen LogP contribution in [0.2, 0.25) is 0 Å². The summed E-state index contributed by atoms with van der Waals surface area (Å²) in [4.78, 5) is 45.0.